The average molecular weight is 345 g/mol. The van der Waals surface area contributed by atoms with Crippen LogP contribution in [0.5, 0.6) is 5.75 Å². The Morgan fingerprint density at radius 2 is 2.08 bits per heavy atom. The third-order valence-electron chi connectivity index (χ3n) is 3.66. The SMILES string of the molecule is CCOC(=O)Cn1cc2c(-c3ccc(OC)cc3Cl)cccc2n1. The van der Waals surface area contributed by atoms with Crippen LogP contribution in [0.3, 0.4) is 0 Å². The number of hydrogen-bond acceptors (Lipinski definition) is 4. The molecular formula is C18H17ClN2O3. The van der Waals surface area contributed by atoms with Crippen molar-refractivity contribution in [3.63, 3.8) is 0 Å². The first-order valence-electron chi connectivity index (χ1n) is 7.58. The largest absolute Gasteiger partial charge is 0.497 e. The van der Waals surface area contributed by atoms with E-state index < -0.39 is 0 Å². The van der Waals surface area contributed by atoms with Crippen molar-refractivity contribution in [2.75, 3.05) is 13.7 Å². The summed E-state index contributed by atoms with van der Waals surface area (Å²) >= 11 is 6.39. The Morgan fingerprint density at radius 1 is 1.25 bits per heavy atom. The number of hydrogen-bond donors (Lipinski definition) is 0. The van der Waals surface area contributed by atoms with Gasteiger partial charge in [-0.3, -0.25) is 9.48 Å². The number of benzene rings is 2. The first-order valence-corrected chi connectivity index (χ1v) is 7.96. The van der Waals surface area contributed by atoms with Crippen molar-refractivity contribution in [1.29, 1.82) is 0 Å². The van der Waals surface area contributed by atoms with Gasteiger partial charge in [0.1, 0.15) is 12.3 Å². The molecule has 0 bridgehead atoms. The summed E-state index contributed by atoms with van der Waals surface area (Å²) in [5.74, 6) is 0.392. The molecule has 0 atom stereocenters. The molecule has 3 rings (SSSR count). The molecule has 3 aromatic rings. The number of halogens is 1. The Kier molecular flexibility index (Phi) is 4.71. The lowest BCUT2D eigenvalue weighted by molar-refractivity contribution is -0.144. The van der Waals surface area contributed by atoms with Crippen LogP contribution in [0.25, 0.3) is 22.0 Å². The molecule has 0 aliphatic carbocycles. The molecule has 0 N–H and O–H groups in total. The molecule has 0 aliphatic rings. The fourth-order valence-electron chi connectivity index (χ4n) is 2.59. The fourth-order valence-corrected chi connectivity index (χ4v) is 2.86. The third-order valence-corrected chi connectivity index (χ3v) is 3.97. The van der Waals surface area contributed by atoms with Crippen LogP contribution in [0.2, 0.25) is 5.02 Å². The van der Waals surface area contributed by atoms with Gasteiger partial charge in [0.05, 0.1) is 24.3 Å². The number of carbonyl (C=O) groups excluding carboxylic acids is 1. The maximum atomic E-state index is 11.7. The Bertz CT molecular complexity index is 889. The summed E-state index contributed by atoms with van der Waals surface area (Å²) in [5, 5.41) is 5.95. The number of ether oxygens (including phenoxy) is 2. The van der Waals surface area contributed by atoms with E-state index in [9.17, 15) is 4.79 Å². The van der Waals surface area contributed by atoms with E-state index >= 15 is 0 Å². The van der Waals surface area contributed by atoms with Gasteiger partial charge in [0.25, 0.3) is 0 Å². The average Bonchev–Trinajstić information content (AvgIpc) is 2.97. The molecule has 0 aliphatic heterocycles. The topological polar surface area (TPSA) is 53.4 Å². The molecule has 0 unspecified atom stereocenters. The number of aromatic nitrogens is 2. The molecule has 0 radical (unpaired) electrons. The molecule has 24 heavy (non-hydrogen) atoms. The second-order valence-corrected chi connectivity index (χ2v) is 5.62. The summed E-state index contributed by atoms with van der Waals surface area (Å²) in [7, 11) is 1.60. The van der Waals surface area contributed by atoms with Gasteiger partial charge < -0.3 is 9.47 Å². The summed E-state index contributed by atoms with van der Waals surface area (Å²) in [6, 6.07) is 11.4. The van der Waals surface area contributed by atoms with E-state index in [1.165, 1.54) is 0 Å². The van der Waals surface area contributed by atoms with E-state index in [1.54, 1.807) is 24.8 Å². The molecule has 0 fully saturated rings. The quantitative estimate of drug-likeness (QED) is 0.658. The van der Waals surface area contributed by atoms with Gasteiger partial charge >= 0.3 is 5.97 Å². The van der Waals surface area contributed by atoms with Crippen molar-refractivity contribution in [3.8, 4) is 16.9 Å². The zero-order valence-corrected chi connectivity index (χ0v) is 14.2. The number of carbonyl (C=O) groups is 1. The number of fused-ring (bicyclic) bond motifs is 1. The summed E-state index contributed by atoms with van der Waals surface area (Å²) in [6.07, 6.45) is 1.84. The van der Waals surface area contributed by atoms with E-state index in [4.69, 9.17) is 21.1 Å². The van der Waals surface area contributed by atoms with Crippen LogP contribution in [0.1, 0.15) is 6.92 Å². The van der Waals surface area contributed by atoms with E-state index in [2.05, 4.69) is 5.10 Å². The minimum Gasteiger partial charge on any atom is -0.497 e. The first kappa shape index (κ1) is 16.3. The molecule has 0 spiro atoms. The summed E-state index contributed by atoms with van der Waals surface area (Å²) < 4.78 is 11.7. The lowest BCUT2D eigenvalue weighted by Gasteiger charge is -2.07. The highest BCUT2D eigenvalue weighted by Crippen LogP contribution is 2.35. The van der Waals surface area contributed by atoms with Gasteiger partial charge in [-0.25, -0.2) is 0 Å². The van der Waals surface area contributed by atoms with Crippen molar-refractivity contribution >= 4 is 28.5 Å². The molecule has 6 heteroatoms. The van der Waals surface area contributed by atoms with Gasteiger partial charge in [-0.05, 0) is 36.8 Å². The summed E-state index contributed by atoms with van der Waals surface area (Å²) in [6.45, 7) is 2.21. The van der Waals surface area contributed by atoms with Crippen LogP contribution >= 0.6 is 11.6 Å². The third kappa shape index (κ3) is 3.21. The van der Waals surface area contributed by atoms with Gasteiger partial charge in [-0.1, -0.05) is 23.7 Å². The number of esters is 1. The maximum Gasteiger partial charge on any atom is 0.327 e. The van der Waals surface area contributed by atoms with E-state index in [0.717, 1.165) is 22.0 Å². The lowest BCUT2D eigenvalue weighted by Crippen LogP contribution is -2.13. The fraction of sp³-hybridized carbons (Fsp3) is 0.222. The molecule has 1 aromatic heterocycles. The van der Waals surface area contributed by atoms with Gasteiger partial charge in [-0.15, -0.1) is 0 Å². The number of rotatable bonds is 5. The number of nitrogens with zero attached hydrogens (tertiary/aromatic N) is 2. The van der Waals surface area contributed by atoms with Gasteiger partial charge in [0, 0.05) is 17.1 Å². The van der Waals surface area contributed by atoms with Crippen LogP contribution in [-0.4, -0.2) is 29.5 Å². The summed E-state index contributed by atoms with van der Waals surface area (Å²) in [5.41, 5.74) is 2.64. The molecular weight excluding hydrogens is 328 g/mol. The predicted octanol–water partition coefficient (Wildman–Crippen LogP) is 3.93. The van der Waals surface area contributed by atoms with Crippen molar-refractivity contribution in [2.45, 2.75) is 13.5 Å². The zero-order valence-electron chi connectivity index (χ0n) is 13.5. The smallest absolute Gasteiger partial charge is 0.327 e. The van der Waals surface area contributed by atoms with Crippen LogP contribution in [0.15, 0.2) is 42.6 Å². The molecule has 1 heterocycles. The van der Waals surface area contributed by atoms with Gasteiger partial charge in [0.2, 0.25) is 0 Å². The van der Waals surface area contributed by atoms with Crippen LogP contribution in [0, 0.1) is 0 Å². The van der Waals surface area contributed by atoms with Crippen molar-refractivity contribution in [1.82, 2.24) is 9.78 Å². The second kappa shape index (κ2) is 6.93. The second-order valence-electron chi connectivity index (χ2n) is 5.22. The minimum atomic E-state index is -0.311. The summed E-state index contributed by atoms with van der Waals surface area (Å²) in [4.78, 5) is 11.7. The highest BCUT2D eigenvalue weighted by Gasteiger charge is 2.12. The monoisotopic (exact) mass is 344 g/mol. The van der Waals surface area contributed by atoms with Crippen molar-refractivity contribution < 1.29 is 14.3 Å². The van der Waals surface area contributed by atoms with Crippen LogP contribution < -0.4 is 4.74 Å². The molecule has 2 aromatic carbocycles. The van der Waals surface area contributed by atoms with E-state index in [1.807, 2.05) is 36.5 Å². The Balaban J connectivity index is 2.03. The lowest BCUT2D eigenvalue weighted by atomic mass is 10.0. The Hall–Kier alpha value is -2.53. The Labute approximate surface area is 144 Å². The van der Waals surface area contributed by atoms with Gasteiger partial charge in [-0.2, -0.15) is 5.10 Å². The van der Waals surface area contributed by atoms with E-state index in [0.29, 0.717) is 17.4 Å². The van der Waals surface area contributed by atoms with Crippen LogP contribution in [0.4, 0.5) is 0 Å². The molecule has 0 saturated heterocycles. The first-order chi connectivity index (χ1) is 11.6. The molecule has 0 amide bonds. The molecule has 124 valence electrons. The highest BCUT2D eigenvalue weighted by atomic mass is 35.5. The molecule has 5 nitrogen and oxygen atoms in total. The van der Waals surface area contributed by atoms with E-state index in [-0.39, 0.29) is 12.5 Å². The minimum absolute atomic E-state index is 0.0817. The Morgan fingerprint density at radius 3 is 2.79 bits per heavy atom. The highest BCUT2D eigenvalue weighted by molar-refractivity contribution is 6.33. The van der Waals surface area contributed by atoms with Gasteiger partial charge in [0.15, 0.2) is 0 Å². The normalized spacial score (nSPS) is 10.8. The maximum absolute atomic E-state index is 11.7. The van der Waals surface area contributed by atoms with Crippen LogP contribution in [-0.2, 0) is 16.1 Å². The van der Waals surface area contributed by atoms with Crippen molar-refractivity contribution in [2.24, 2.45) is 0 Å². The zero-order chi connectivity index (χ0) is 17.1. The standard InChI is InChI=1S/C18H17ClN2O3/c1-3-24-18(22)11-21-10-15-13(5-4-6-17(15)20-21)14-8-7-12(23-2)9-16(14)19/h4-10H,3,11H2,1-2H3. The van der Waals surface area contributed by atoms with Crippen molar-refractivity contribution in [3.05, 3.63) is 47.6 Å². The predicted molar refractivity (Wildman–Crippen MR) is 93.4 cm³/mol. The number of methoxy groups -OCH3 is 1. The molecule has 0 saturated carbocycles.